The Morgan fingerprint density at radius 2 is 1.68 bits per heavy atom. The van der Waals surface area contributed by atoms with Crippen LogP contribution in [0, 0.1) is 0 Å². The minimum Gasteiger partial charge on any atom is -0.376 e. The zero-order valence-corrected chi connectivity index (χ0v) is 23.9. The van der Waals surface area contributed by atoms with Gasteiger partial charge in [-0.25, -0.2) is 16.8 Å². The smallest absolute Gasteiger partial charge is 0.376 e. The number of hydrogen-bond acceptors (Lipinski definition) is 7. The van der Waals surface area contributed by atoms with Crippen molar-refractivity contribution in [2.45, 2.75) is 53.9 Å². The molecule has 2 N–H and O–H groups in total. The molecule has 0 saturated carbocycles. The summed E-state index contributed by atoms with van der Waals surface area (Å²) in [5.74, 6) is 0. The molecule has 0 aliphatic carbocycles. The standard InChI is InChI=1S/C24H32F3N3O5S3/c1-17(2)30(37(4,32)33)16-23(19-11-9-18(10-12-19)22(3,31)24(25,26)27)15-29(14-13-28-23)38(34,35)21-8-6-5-7-20(21)36/h5-12,17,28,31,36H,13-16H2,1-4H3/t22?,23-/m1/s1. The first-order chi connectivity index (χ1) is 17.3. The van der Waals surface area contributed by atoms with Gasteiger partial charge in [-0.15, -0.1) is 12.6 Å². The van der Waals surface area contributed by atoms with E-state index in [9.17, 15) is 35.1 Å². The van der Waals surface area contributed by atoms with Crippen LogP contribution in [0.25, 0.3) is 0 Å². The number of sulfonamides is 2. The molecule has 1 unspecified atom stereocenters. The molecule has 2 aromatic rings. The molecular formula is C24H32F3N3O5S3. The van der Waals surface area contributed by atoms with Crippen LogP contribution in [0.15, 0.2) is 58.3 Å². The van der Waals surface area contributed by atoms with Gasteiger partial charge in [-0.1, -0.05) is 36.4 Å². The van der Waals surface area contributed by atoms with E-state index in [0.717, 1.165) is 18.4 Å². The lowest BCUT2D eigenvalue weighted by Crippen LogP contribution is -2.64. The highest BCUT2D eigenvalue weighted by molar-refractivity contribution is 7.90. The normalized spacial score (nSPS) is 21.6. The Bertz CT molecular complexity index is 1360. The minimum absolute atomic E-state index is 0.0143. The molecule has 2 atom stereocenters. The van der Waals surface area contributed by atoms with Crippen LogP contribution in [0.5, 0.6) is 0 Å². The van der Waals surface area contributed by atoms with Gasteiger partial charge in [-0.2, -0.15) is 21.8 Å². The maximum Gasteiger partial charge on any atom is 0.421 e. The number of halogens is 3. The van der Waals surface area contributed by atoms with Crippen molar-refractivity contribution < 1.29 is 35.1 Å². The van der Waals surface area contributed by atoms with E-state index < -0.39 is 49.0 Å². The van der Waals surface area contributed by atoms with Crippen molar-refractivity contribution in [2.24, 2.45) is 0 Å². The second kappa shape index (κ2) is 10.7. The van der Waals surface area contributed by atoms with Crippen LogP contribution in [-0.2, 0) is 31.2 Å². The van der Waals surface area contributed by atoms with Crippen molar-refractivity contribution in [1.82, 2.24) is 13.9 Å². The molecule has 1 heterocycles. The van der Waals surface area contributed by atoms with Gasteiger partial charge in [0.05, 0.1) is 16.7 Å². The van der Waals surface area contributed by atoms with Crippen molar-refractivity contribution >= 4 is 32.7 Å². The molecule has 212 valence electrons. The van der Waals surface area contributed by atoms with E-state index in [1.165, 1.54) is 26.8 Å². The number of alkyl halides is 3. The van der Waals surface area contributed by atoms with E-state index in [0.29, 0.717) is 12.5 Å². The van der Waals surface area contributed by atoms with Crippen LogP contribution >= 0.6 is 12.6 Å². The molecule has 1 fully saturated rings. The highest BCUT2D eigenvalue weighted by Gasteiger charge is 2.51. The molecule has 1 aliphatic heterocycles. The fraction of sp³-hybridized carbons (Fsp3) is 0.500. The van der Waals surface area contributed by atoms with Gasteiger partial charge in [0.25, 0.3) is 0 Å². The molecule has 14 heteroatoms. The third-order valence-electron chi connectivity index (χ3n) is 6.73. The van der Waals surface area contributed by atoms with Crippen LogP contribution in [0.1, 0.15) is 31.9 Å². The molecule has 2 aromatic carbocycles. The highest BCUT2D eigenvalue weighted by atomic mass is 32.2. The van der Waals surface area contributed by atoms with Gasteiger partial charge in [0.15, 0.2) is 5.60 Å². The summed E-state index contributed by atoms with van der Waals surface area (Å²) in [5, 5.41) is 13.3. The van der Waals surface area contributed by atoms with Gasteiger partial charge in [0.1, 0.15) is 0 Å². The second-order valence-corrected chi connectivity index (χ2v) is 14.2. The summed E-state index contributed by atoms with van der Waals surface area (Å²) in [6, 6.07) is 10.6. The number of aliphatic hydroxyl groups is 1. The molecule has 0 spiro atoms. The summed E-state index contributed by atoms with van der Waals surface area (Å²) >= 11 is 4.28. The SMILES string of the molecule is CC(C)N(C[C@@]1(c2ccc(C(C)(O)C(F)(F)F)cc2)CN(S(=O)(=O)c2ccccc2S)CCN1)S(C)(=O)=O. The molecular weight excluding hydrogens is 563 g/mol. The predicted molar refractivity (Wildman–Crippen MR) is 141 cm³/mol. The van der Waals surface area contributed by atoms with E-state index in [1.807, 2.05) is 0 Å². The maximum atomic E-state index is 13.6. The lowest BCUT2D eigenvalue weighted by Gasteiger charge is -2.46. The van der Waals surface area contributed by atoms with Gasteiger partial charge < -0.3 is 10.4 Å². The van der Waals surface area contributed by atoms with Crippen LogP contribution in [0.2, 0.25) is 0 Å². The lowest BCUT2D eigenvalue weighted by molar-refractivity contribution is -0.258. The summed E-state index contributed by atoms with van der Waals surface area (Å²) in [4.78, 5) is 0.231. The van der Waals surface area contributed by atoms with Crippen LogP contribution in [0.4, 0.5) is 13.2 Å². The molecule has 0 radical (unpaired) electrons. The fourth-order valence-corrected chi connectivity index (χ4v) is 7.80. The Labute approximate surface area is 227 Å². The van der Waals surface area contributed by atoms with Crippen LogP contribution in [0.3, 0.4) is 0 Å². The maximum absolute atomic E-state index is 13.6. The number of nitrogens with one attached hydrogen (secondary N) is 1. The molecule has 38 heavy (non-hydrogen) atoms. The van der Waals surface area contributed by atoms with Gasteiger partial charge in [0, 0.05) is 37.1 Å². The average Bonchev–Trinajstić information content (AvgIpc) is 2.81. The Morgan fingerprint density at radius 1 is 1.11 bits per heavy atom. The first kappa shape index (κ1) is 30.9. The Balaban J connectivity index is 2.13. The topological polar surface area (TPSA) is 107 Å². The zero-order valence-electron chi connectivity index (χ0n) is 21.4. The fourth-order valence-electron chi connectivity index (χ4n) is 4.49. The number of piperazine rings is 1. The molecule has 1 aliphatic rings. The molecule has 0 amide bonds. The Morgan fingerprint density at radius 3 is 2.18 bits per heavy atom. The van der Waals surface area contributed by atoms with Crippen molar-refractivity contribution in [3.05, 3.63) is 59.7 Å². The third kappa shape index (κ3) is 6.06. The first-order valence-corrected chi connectivity index (χ1v) is 15.5. The van der Waals surface area contributed by atoms with E-state index in [2.05, 4.69) is 17.9 Å². The first-order valence-electron chi connectivity index (χ1n) is 11.7. The number of rotatable bonds is 8. The van der Waals surface area contributed by atoms with E-state index in [-0.39, 0.29) is 36.0 Å². The monoisotopic (exact) mass is 595 g/mol. The zero-order chi connectivity index (χ0) is 28.7. The van der Waals surface area contributed by atoms with Crippen molar-refractivity contribution in [3.8, 4) is 0 Å². The quantitative estimate of drug-likeness (QED) is 0.406. The Hall–Kier alpha value is -1.68. The number of hydrogen-bond donors (Lipinski definition) is 3. The van der Waals surface area contributed by atoms with Gasteiger partial charge in [0.2, 0.25) is 20.0 Å². The van der Waals surface area contributed by atoms with E-state index >= 15 is 0 Å². The summed E-state index contributed by atoms with van der Waals surface area (Å²) in [6.07, 6.45) is -3.88. The minimum atomic E-state index is -4.93. The average molecular weight is 596 g/mol. The molecule has 3 rings (SSSR count). The van der Waals surface area contributed by atoms with Crippen molar-refractivity contribution in [2.75, 3.05) is 32.4 Å². The van der Waals surface area contributed by atoms with Crippen molar-refractivity contribution in [3.63, 3.8) is 0 Å². The van der Waals surface area contributed by atoms with Gasteiger partial charge in [-0.05, 0) is 44.0 Å². The van der Waals surface area contributed by atoms with Crippen LogP contribution in [-0.4, -0.2) is 75.2 Å². The molecule has 0 aromatic heterocycles. The number of thiol groups is 1. The summed E-state index contributed by atoms with van der Waals surface area (Å²) in [5.41, 5.74) is -4.46. The lowest BCUT2D eigenvalue weighted by atomic mass is 9.85. The van der Waals surface area contributed by atoms with Crippen LogP contribution < -0.4 is 5.32 Å². The largest absolute Gasteiger partial charge is 0.421 e. The summed E-state index contributed by atoms with van der Waals surface area (Å²) in [7, 11) is -7.80. The van der Waals surface area contributed by atoms with E-state index in [4.69, 9.17) is 0 Å². The van der Waals surface area contributed by atoms with Gasteiger partial charge in [-0.3, -0.25) is 0 Å². The van der Waals surface area contributed by atoms with E-state index in [1.54, 1.807) is 32.0 Å². The Kier molecular flexibility index (Phi) is 8.70. The number of nitrogens with zero attached hydrogens (tertiary/aromatic N) is 2. The molecule has 0 bridgehead atoms. The third-order valence-corrected chi connectivity index (χ3v) is 10.6. The molecule has 1 saturated heterocycles. The second-order valence-electron chi connectivity index (χ2n) is 9.86. The van der Waals surface area contributed by atoms with Gasteiger partial charge >= 0.3 is 6.18 Å². The number of benzene rings is 2. The predicted octanol–water partition coefficient (Wildman–Crippen LogP) is 2.90. The van der Waals surface area contributed by atoms with Crippen molar-refractivity contribution in [1.29, 1.82) is 0 Å². The highest BCUT2D eigenvalue weighted by Crippen LogP contribution is 2.39. The summed E-state index contributed by atoms with van der Waals surface area (Å²) < 4.78 is 95.2. The molecule has 8 nitrogen and oxygen atoms in total. The summed E-state index contributed by atoms with van der Waals surface area (Å²) in [6.45, 7) is 3.82.